The van der Waals surface area contributed by atoms with E-state index in [0.29, 0.717) is 6.42 Å². The molecule has 4 nitrogen and oxygen atoms in total. The summed E-state index contributed by atoms with van der Waals surface area (Å²) in [7, 11) is 3.49. The number of carbonyl (C=O) groups is 2. The maximum Gasteiger partial charge on any atom is 0.335 e. The first kappa shape index (κ1) is 15.0. The molecule has 0 fully saturated rings. The van der Waals surface area contributed by atoms with Crippen LogP contribution in [0.1, 0.15) is 35.2 Å². The molecule has 1 amide bonds. The quantitative estimate of drug-likeness (QED) is 0.801. The van der Waals surface area contributed by atoms with Gasteiger partial charge in [0.15, 0.2) is 0 Å². The van der Waals surface area contributed by atoms with E-state index in [1.165, 1.54) is 0 Å². The summed E-state index contributed by atoms with van der Waals surface area (Å²) in [5, 5.41) is 8.87. The SMILES string of the molecule is CN(C)C(=O)CCC/C=C\c1cccc(C(=O)O)c1. The molecule has 1 rings (SSSR count). The van der Waals surface area contributed by atoms with Crippen LogP contribution in [0.2, 0.25) is 0 Å². The molecule has 0 aliphatic carbocycles. The largest absolute Gasteiger partial charge is 0.478 e. The van der Waals surface area contributed by atoms with Gasteiger partial charge in [0.05, 0.1) is 5.56 Å². The standard InChI is InChI=1S/C15H19NO3/c1-16(2)14(17)10-5-3-4-7-12-8-6-9-13(11-12)15(18)19/h4,6-9,11H,3,5,10H2,1-2H3,(H,18,19)/b7-4-. The second-order valence-corrected chi connectivity index (χ2v) is 4.51. The molecule has 0 bridgehead atoms. The first-order valence-corrected chi connectivity index (χ1v) is 6.21. The molecule has 0 aromatic heterocycles. The fourth-order valence-corrected chi connectivity index (χ4v) is 1.59. The molecule has 0 saturated heterocycles. The van der Waals surface area contributed by atoms with Gasteiger partial charge in [-0.25, -0.2) is 4.79 Å². The Morgan fingerprint density at radius 1 is 1.32 bits per heavy atom. The molecule has 1 N–H and O–H groups in total. The normalized spacial score (nSPS) is 10.6. The minimum Gasteiger partial charge on any atom is -0.478 e. The molecular weight excluding hydrogens is 242 g/mol. The van der Waals surface area contributed by atoms with Crippen LogP contribution < -0.4 is 0 Å². The molecule has 19 heavy (non-hydrogen) atoms. The summed E-state index contributed by atoms with van der Waals surface area (Å²) >= 11 is 0. The number of hydrogen-bond acceptors (Lipinski definition) is 2. The van der Waals surface area contributed by atoms with Crippen molar-refractivity contribution in [3.8, 4) is 0 Å². The molecule has 102 valence electrons. The third kappa shape index (κ3) is 5.38. The third-order valence-electron chi connectivity index (χ3n) is 2.70. The van der Waals surface area contributed by atoms with Crippen LogP contribution >= 0.6 is 0 Å². The Hall–Kier alpha value is -2.10. The molecule has 0 spiro atoms. The van der Waals surface area contributed by atoms with E-state index in [1.807, 2.05) is 18.2 Å². The number of carboxylic acid groups (broad SMARTS) is 1. The van der Waals surface area contributed by atoms with Gasteiger partial charge in [-0.3, -0.25) is 4.79 Å². The van der Waals surface area contributed by atoms with E-state index in [9.17, 15) is 9.59 Å². The average molecular weight is 261 g/mol. The zero-order valence-electron chi connectivity index (χ0n) is 11.3. The van der Waals surface area contributed by atoms with Gasteiger partial charge in [-0.1, -0.05) is 24.3 Å². The zero-order chi connectivity index (χ0) is 14.3. The third-order valence-corrected chi connectivity index (χ3v) is 2.70. The Kier molecular flexibility index (Phi) is 5.79. The van der Waals surface area contributed by atoms with Gasteiger partial charge >= 0.3 is 5.97 Å². The van der Waals surface area contributed by atoms with Crippen molar-refractivity contribution in [3.05, 3.63) is 41.5 Å². The Morgan fingerprint density at radius 3 is 2.68 bits per heavy atom. The minimum atomic E-state index is -0.924. The van der Waals surface area contributed by atoms with Gasteiger partial charge < -0.3 is 10.0 Å². The average Bonchev–Trinajstić information content (AvgIpc) is 2.38. The van der Waals surface area contributed by atoms with Crippen LogP contribution in [0.15, 0.2) is 30.3 Å². The summed E-state index contributed by atoms with van der Waals surface area (Å²) in [5.74, 6) is -0.798. The second kappa shape index (κ2) is 7.36. The number of amides is 1. The van der Waals surface area contributed by atoms with Crippen LogP contribution in [0, 0.1) is 0 Å². The predicted octanol–water partition coefficient (Wildman–Crippen LogP) is 2.66. The number of aromatic carboxylic acids is 1. The van der Waals surface area contributed by atoms with E-state index >= 15 is 0 Å². The summed E-state index contributed by atoms with van der Waals surface area (Å²) in [6.07, 6.45) is 5.98. The van der Waals surface area contributed by atoms with Crippen LogP contribution in [-0.2, 0) is 4.79 Å². The molecule has 0 saturated carbocycles. The summed E-state index contributed by atoms with van der Waals surface area (Å²) in [6.45, 7) is 0. The van der Waals surface area contributed by atoms with Gasteiger partial charge in [0.25, 0.3) is 0 Å². The maximum atomic E-state index is 11.3. The summed E-state index contributed by atoms with van der Waals surface area (Å²) in [6, 6.07) is 6.77. The van der Waals surface area contributed by atoms with Crippen molar-refractivity contribution in [1.82, 2.24) is 4.90 Å². The summed E-state index contributed by atoms with van der Waals surface area (Å²) in [5.41, 5.74) is 1.14. The van der Waals surface area contributed by atoms with E-state index < -0.39 is 5.97 Å². The number of unbranched alkanes of at least 4 members (excludes halogenated alkanes) is 1. The van der Waals surface area contributed by atoms with Crippen LogP contribution in [0.4, 0.5) is 0 Å². The molecule has 1 aromatic carbocycles. The minimum absolute atomic E-state index is 0.126. The van der Waals surface area contributed by atoms with Gasteiger partial charge in [-0.05, 0) is 30.5 Å². The van der Waals surface area contributed by atoms with Gasteiger partial charge in [-0.2, -0.15) is 0 Å². The fraction of sp³-hybridized carbons (Fsp3) is 0.333. The van der Waals surface area contributed by atoms with Crippen molar-refractivity contribution < 1.29 is 14.7 Å². The van der Waals surface area contributed by atoms with Gasteiger partial charge in [0.1, 0.15) is 0 Å². The molecule has 0 heterocycles. The maximum absolute atomic E-state index is 11.3. The number of carbonyl (C=O) groups excluding carboxylic acids is 1. The summed E-state index contributed by atoms with van der Waals surface area (Å²) in [4.78, 5) is 23.7. The van der Waals surface area contributed by atoms with Gasteiger partial charge in [-0.15, -0.1) is 0 Å². The summed E-state index contributed by atoms with van der Waals surface area (Å²) < 4.78 is 0. The van der Waals surface area contributed by atoms with Crippen LogP contribution in [-0.4, -0.2) is 36.0 Å². The lowest BCUT2D eigenvalue weighted by Gasteiger charge is -2.08. The lowest BCUT2D eigenvalue weighted by atomic mass is 10.1. The smallest absolute Gasteiger partial charge is 0.335 e. The molecule has 0 aliphatic rings. The van der Waals surface area contributed by atoms with Crippen molar-refractivity contribution in [3.63, 3.8) is 0 Å². The number of nitrogens with zero attached hydrogens (tertiary/aromatic N) is 1. The first-order valence-electron chi connectivity index (χ1n) is 6.21. The van der Waals surface area contributed by atoms with Crippen molar-refractivity contribution in [2.24, 2.45) is 0 Å². The highest BCUT2D eigenvalue weighted by Crippen LogP contribution is 2.08. The Labute approximate surface area is 113 Å². The molecule has 0 radical (unpaired) electrons. The number of allylic oxidation sites excluding steroid dienone is 1. The molecule has 0 aliphatic heterocycles. The molecule has 4 heteroatoms. The van der Waals surface area contributed by atoms with Crippen molar-refractivity contribution in [2.45, 2.75) is 19.3 Å². The highest BCUT2D eigenvalue weighted by Gasteiger charge is 2.02. The highest BCUT2D eigenvalue weighted by atomic mass is 16.4. The Bertz CT molecular complexity index is 478. The van der Waals surface area contributed by atoms with Gasteiger partial charge in [0, 0.05) is 20.5 Å². The monoisotopic (exact) mass is 261 g/mol. The lowest BCUT2D eigenvalue weighted by Crippen LogP contribution is -2.20. The number of rotatable bonds is 6. The van der Waals surface area contributed by atoms with Crippen LogP contribution in [0.3, 0.4) is 0 Å². The van der Waals surface area contributed by atoms with Crippen molar-refractivity contribution >= 4 is 18.0 Å². The van der Waals surface area contributed by atoms with Gasteiger partial charge in [0.2, 0.25) is 5.91 Å². The molecule has 0 atom stereocenters. The van der Waals surface area contributed by atoms with E-state index in [-0.39, 0.29) is 11.5 Å². The lowest BCUT2D eigenvalue weighted by molar-refractivity contribution is -0.128. The number of carboxylic acids is 1. The van der Waals surface area contributed by atoms with Crippen molar-refractivity contribution in [2.75, 3.05) is 14.1 Å². The molecular formula is C15H19NO3. The number of benzene rings is 1. The van der Waals surface area contributed by atoms with E-state index in [4.69, 9.17) is 5.11 Å². The first-order chi connectivity index (χ1) is 9.00. The Morgan fingerprint density at radius 2 is 2.05 bits per heavy atom. The zero-order valence-corrected chi connectivity index (χ0v) is 11.3. The molecule has 0 unspecified atom stereocenters. The Balaban J connectivity index is 2.43. The topological polar surface area (TPSA) is 57.6 Å². The van der Waals surface area contributed by atoms with E-state index in [2.05, 4.69) is 0 Å². The van der Waals surface area contributed by atoms with Crippen molar-refractivity contribution in [1.29, 1.82) is 0 Å². The van der Waals surface area contributed by atoms with Crippen LogP contribution in [0.25, 0.3) is 6.08 Å². The number of hydrogen-bond donors (Lipinski definition) is 1. The fourth-order valence-electron chi connectivity index (χ4n) is 1.59. The van der Waals surface area contributed by atoms with E-state index in [1.54, 1.807) is 37.2 Å². The highest BCUT2D eigenvalue weighted by molar-refractivity contribution is 5.88. The molecule has 1 aromatic rings. The predicted molar refractivity (Wildman–Crippen MR) is 75.0 cm³/mol. The second-order valence-electron chi connectivity index (χ2n) is 4.51. The van der Waals surface area contributed by atoms with Crippen LogP contribution in [0.5, 0.6) is 0 Å². The van der Waals surface area contributed by atoms with E-state index in [0.717, 1.165) is 18.4 Å².